The van der Waals surface area contributed by atoms with Crippen LogP contribution in [0.5, 0.6) is 0 Å². The van der Waals surface area contributed by atoms with Gasteiger partial charge in [0.15, 0.2) is 0 Å². The summed E-state index contributed by atoms with van der Waals surface area (Å²) in [5.41, 5.74) is 2.64. The lowest BCUT2D eigenvalue weighted by atomic mass is 10.2. The molecule has 0 heterocycles. The maximum Gasteiger partial charge on any atom is 0.407 e. The molecule has 0 saturated carbocycles. The zero-order valence-corrected chi connectivity index (χ0v) is 9.12. The summed E-state index contributed by atoms with van der Waals surface area (Å²) in [6, 6.07) is 9.93. The number of hydrogen-bond donors (Lipinski definition) is 1. The molecule has 0 spiro atoms. The Morgan fingerprint density at radius 3 is 2.18 bits per heavy atom. The highest BCUT2D eigenvalue weighted by Gasteiger charge is 1.78. The molecule has 0 fully saturated rings. The minimum atomic E-state index is 0.306. The summed E-state index contributed by atoms with van der Waals surface area (Å²) in [6.45, 7) is 0. The lowest BCUT2D eigenvalue weighted by molar-refractivity contribution is 0.629. The van der Waals surface area contributed by atoms with E-state index in [1.54, 1.807) is 0 Å². The van der Waals surface area contributed by atoms with Crippen LogP contribution in [0.3, 0.4) is 0 Å². The van der Waals surface area contributed by atoms with Crippen molar-refractivity contribution >= 4 is 34.3 Å². The van der Waals surface area contributed by atoms with E-state index in [2.05, 4.69) is 0 Å². The van der Waals surface area contributed by atoms with Gasteiger partial charge in [0.05, 0.1) is 0 Å². The fraction of sp³-hybridized carbons (Fsp3) is 0. The van der Waals surface area contributed by atoms with Crippen molar-refractivity contribution in [2.45, 2.75) is 0 Å². The van der Waals surface area contributed by atoms with Crippen molar-refractivity contribution in [3.63, 3.8) is 0 Å². The minimum absolute atomic E-state index is 0.306. The molecular weight excluding hydrogens is 175 g/mol. The summed E-state index contributed by atoms with van der Waals surface area (Å²) < 4.78 is 7.14. The second-order valence-electron chi connectivity index (χ2n) is 1.70. The topological polar surface area (TPSA) is 20.2 Å². The van der Waals surface area contributed by atoms with Gasteiger partial charge in [0.25, 0.3) is 0 Å². The third kappa shape index (κ3) is 5.06. The van der Waals surface area contributed by atoms with Crippen molar-refractivity contribution in [3.05, 3.63) is 41.4 Å². The van der Waals surface area contributed by atoms with Crippen molar-refractivity contribution in [2.75, 3.05) is 0 Å². The highest BCUT2D eigenvalue weighted by atomic mass is 35.5. The maximum atomic E-state index is 7.14. The summed E-state index contributed by atoms with van der Waals surface area (Å²) in [7, 11) is 0. The number of hydrogen-bond acceptors (Lipinski definition) is 1. The maximum absolute atomic E-state index is 7.14. The quantitative estimate of drug-likeness (QED) is 0.655. The zero-order chi connectivity index (χ0) is 8.53. The van der Waals surface area contributed by atoms with Crippen LogP contribution in [0.1, 0.15) is 5.56 Å². The van der Waals surface area contributed by atoms with Gasteiger partial charge in [-0.25, -0.2) is 0 Å². The average molecular weight is 185 g/mol. The van der Waals surface area contributed by atoms with Gasteiger partial charge in [0.1, 0.15) is 0 Å². The molecule has 0 aliphatic rings. The van der Waals surface area contributed by atoms with Gasteiger partial charge >= 0.3 is 16.6 Å². The molecule has 0 aromatic heterocycles. The molecule has 0 aliphatic carbocycles. The van der Waals surface area contributed by atoms with Crippen LogP contribution in [0.4, 0.5) is 0 Å². The molecule has 11 heavy (non-hydrogen) atoms. The Balaban J connectivity index is 0.000000461. The summed E-state index contributed by atoms with van der Waals surface area (Å²) in [5, 5.41) is 0. The van der Waals surface area contributed by atoms with E-state index in [1.807, 2.05) is 36.4 Å². The van der Waals surface area contributed by atoms with Gasteiger partial charge in [-0.2, -0.15) is 0 Å². The van der Waals surface area contributed by atoms with Crippen LogP contribution in [-0.2, 0) is 0 Å². The normalized spacial score (nSPS) is 8.91. The summed E-state index contributed by atoms with van der Waals surface area (Å²) in [6.07, 6.45) is 1.85. The lowest BCUT2D eigenvalue weighted by Crippen LogP contribution is -1.64. The van der Waals surface area contributed by atoms with E-state index >= 15 is 0 Å². The van der Waals surface area contributed by atoms with Crippen LogP contribution in [0.25, 0.3) is 6.08 Å². The van der Waals surface area contributed by atoms with Gasteiger partial charge < -0.3 is 4.16 Å². The number of halogens is 1. The van der Waals surface area contributed by atoms with E-state index in [0.717, 1.165) is 5.56 Å². The van der Waals surface area contributed by atoms with Crippen molar-refractivity contribution in [3.8, 4) is 0 Å². The number of benzene rings is 1. The minimum Gasteiger partial charge on any atom is -0.521 e. The van der Waals surface area contributed by atoms with Gasteiger partial charge in [-0.15, -0.1) is 0 Å². The molecule has 1 nitrogen and oxygen atoms in total. The molecule has 1 aromatic rings. The fourth-order valence-corrected chi connectivity index (χ4v) is 0.782. The van der Waals surface area contributed by atoms with Crippen LogP contribution in [0.15, 0.2) is 35.9 Å². The molecular formula is C8H10AlClO. The standard InChI is InChI=1S/C8H7Cl.Al.H2O.2H/c9-7-6-8-4-2-1-3-5-8;;;;/h1-7H;;1H2;;/q;+1;;;/p-1. The van der Waals surface area contributed by atoms with Gasteiger partial charge in [0.2, 0.25) is 0 Å². The lowest BCUT2D eigenvalue weighted by Gasteiger charge is -1.86. The predicted octanol–water partition coefficient (Wildman–Crippen LogP) is 1.42. The van der Waals surface area contributed by atoms with Crippen LogP contribution in [0.2, 0.25) is 0 Å². The third-order valence-corrected chi connectivity index (χ3v) is 1.18. The molecule has 0 amide bonds. The van der Waals surface area contributed by atoms with Crippen molar-refractivity contribution < 1.29 is 4.16 Å². The summed E-state index contributed by atoms with van der Waals surface area (Å²) in [4.78, 5) is 0. The van der Waals surface area contributed by atoms with Crippen molar-refractivity contribution in [1.29, 1.82) is 0 Å². The van der Waals surface area contributed by atoms with E-state index in [1.165, 1.54) is 5.54 Å². The first-order chi connectivity index (χ1) is 5.43. The predicted molar refractivity (Wildman–Crippen MR) is 52.1 cm³/mol. The molecule has 0 aliphatic heterocycles. The van der Waals surface area contributed by atoms with Gasteiger partial charge in [-0.3, -0.25) is 0 Å². The highest BCUT2D eigenvalue weighted by Crippen LogP contribution is 2.00. The Bertz CT molecular complexity index is 199. The molecule has 1 N–H and O–H groups in total. The number of rotatable bonds is 1. The fourth-order valence-electron chi connectivity index (χ4n) is 0.637. The summed E-state index contributed by atoms with van der Waals surface area (Å²) in [5.74, 6) is 0. The summed E-state index contributed by atoms with van der Waals surface area (Å²) >= 11 is 5.66. The first-order valence-corrected chi connectivity index (χ1v) is 4.53. The highest BCUT2D eigenvalue weighted by molar-refractivity contribution is 6.27. The smallest absolute Gasteiger partial charge is 0.407 e. The SMILES string of the molecule is ClC=Cc1ccccc1.[OH][AlH2]. The largest absolute Gasteiger partial charge is 0.521 e. The molecule has 0 atom stereocenters. The van der Waals surface area contributed by atoms with E-state index in [0.29, 0.717) is 16.6 Å². The Morgan fingerprint density at radius 2 is 1.73 bits per heavy atom. The molecule has 1 aromatic carbocycles. The Hall–Kier alpha value is -0.258. The van der Waals surface area contributed by atoms with Crippen LogP contribution < -0.4 is 0 Å². The van der Waals surface area contributed by atoms with Crippen molar-refractivity contribution in [1.82, 2.24) is 0 Å². The molecule has 1 rings (SSSR count). The Morgan fingerprint density at radius 1 is 1.18 bits per heavy atom. The van der Waals surface area contributed by atoms with E-state index in [-0.39, 0.29) is 0 Å². The Labute approximate surface area is 80.1 Å². The molecule has 0 unspecified atom stereocenters. The van der Waals surface area contributed by atoms with Gasteiger partial charge in [0, 0.05) is 5.54 Å². The first kappa shape index (κ1) is 10.7. The second kappa shape index (κ2) is 7.85. The second-order valence-corrected chi connectivity index (χ2v) is 1.96. The van der Waals surface area contributed by atoms with Gasteiger partial charge in [-0.05, 0) is 11.6 Å². The molecule has 58 valence electrons. The van der Waals surface area contributed by atoms with Crippen molar-refractivity contribution in [2.24, 2.45) is 0 Å². The molecule has 0 bridgehead atoms. The monoisotopic (exact) mass is 184 g/mol. The molecule has 3 heteroatoms. The molecule has 0 radical (unpaired) electrons. The van der Waals surface area contributed by atoms with Crippen LogP contribution in [0, 0.1) is 0 Å². The molecule has 0 saturated heterocycles. The van der Waals surface area contributed by atoms with Gasteiger partial charge in [-0.1, -0.05) is 41.9 Å². The van der Waals surface area contributed by atoms with E-state index < -0.39 is 0 Å². The Kier molecular flexibility index (Phi) is 7.66. The van der Waals surface area contributed by atoms with Crippen LogP contribution in [-0.4, -0.2) is 20.8 Å². The third-order valence-electron chi connectivity index (χ3n) is 1.06. The first-order valence-electron chi connectivity index (χ1n) is 3.20. The van der Waals surface area contributed by atoms with E-state index in [4.69, 9.17) is 15.8 Å². The van der Waals surface area contributed by atoms with Crippen LogP contribution >= 0.6 is 11.6 Å². The van der Waals surface area contributed by atoms with E-state index in [9.17, 15) is 0 Å². The zero-order valence-electron chi connectivity index (χ0n) is 6.37. The average Bonchev–Trinajstić information content (AvgIpc) is 2.11.